The molecule has 0 spiro atoms. The molecule has 2 heterocycles. The van der Waals surface area contributed by atoms with Gasteiger partial charge in [-0.2, -0.15) is 5.10 Å². The quantitative estimate of drug-likeness (QED) is 0.823. The number of nitrogens with zero attached hydrogens (tertiary/aromatic N) is 3. The van der Waals surface area contributed by atoms with Gasteiger partial charge in [0, 0.05) is 17.7 Å². The summed E-state index contributed by atoms with van der Waals surface area (Å²) in [4.78, 5) is 17.6. The van der Waals surface area contributed by atoms with Crippen molar-refractivity contribution in [2.24, 2.45) is 17.8 Å². The monoisotopic (exact) mass is 402 g/mol. The lowest BCUT2D eigenvalue weighted by Crippen LogP contribution is -2.61. The van der Waals surface area contributed by atoms with Gasteiger partial charge in [-0.3, -0.25) is 4.79 Å². The fraction of sp³-hybridized carbons (Fsp3) is 0.667. The summed E-state index contributed by atoms with van der Waals surface area (Å²) in [7, 11) is 0. The van der Waals surface area contributed by atoms with Crippen molar-refractivity contribution in [2.75, 3.05) is 0 Å². The first kappa shape index (κ1) is 17.7. The van der Waals surface area contributed by atoms with Crippen LogP contribution in [0.4, 0.5) is 8.78 Å². The zero-order chi connectivity index (χ0) is 19.9. The molecule has 5 aliphatic rings. The lowest BCUT2D eigenvalue weighted by Gasteiger charge is -2.58. The van der Waals surface area contributed by atoms with Crippen LogP contribution in [0.25, 0.3) is 5.65 Å². The third-order valence-corrected chi connectivity index (χ3v) is 7.52. The summed E-state index contributed by atoms with van der Waals surface area (Å²) in [5.41, 5.74) is 0.313. The summed E-state index contributed by atoms with van der Waals surface area (Å²) < 4.78 is 28.2. The van der Waals surface area contributed by atoms with E-state index in [2.05, 4.69) is 15.4 Å². The van der Waals surface area contributed by atoms with E-state index in [4.69, 9.17) is 0 Å². The second-order valence-electron chi connectivity index (χ2n) is 9.67. The fourth-order valence-electron chi connectivity index (χ4n) is 6.36. The predicted molar refractivity (Wildman–Crippen MR) is 99.7 cm³/mol. The number of halogens is 2. The number of hydrogen-bond acceptors (Lipinski definition) is 4. The number of rotatable bonds is 4. The second-order valence-corrected chi connectivity index (χ2v) is 9.67. The molecule has 2 unspecified atom stereocenters. The number of carbonyl (C=O) groups is 1. The van der Waals surface area contributed by atoms with Crippen molar-refractivity contribution in [3.05, 3.63) is 29.2 Å². The maximum absolute atomic E-state index is 13.6. The second kappa shape index (κ2) is 5.97. The van der Waals surface area contributed by atoms with Crippen molar-refractivity contribution in [3.8, 4) is 0 Å². The van der Waals surface area contributed by atoms with Gasteiger partial charge in [0.05, 0.1) is 11.8 Å². The van der Waals surface area contributed by atoms with Crippen LogP contribution in [0, 0.1) is 17.8 Å². The Kier molecular flexibility index (Phi) is 3.65. The van der Waals surface area contributed by atoms with Crippen molar-refractivity contribution in [3.63, 3.8) is 0 Å². The number of amides is 1. The Balaban J connectivity index is 1.32. The molecule has 2 atom stereocenters. The number of alkyl halides is 2. The molecule has 0 saturated heterocycles. The summed E-state index contributed by atoms with van der Waals surface area (Å²) in [5.74, 6) is 1.02. The van der Waals surface area contributed by atoms with Gasteiger partial charge in [0.25, 0.3) is 12.3 Å². The number of hydrogen-bond donors (Lipinski definition) is 2. The van der Waals surface area contributed by atoms with Crippen LogP contribution in [0.15, 0.2) is 12.3 Å². The number of fused-ring (bicyclic) bond motifs is 1. The van der Waals surface area contributed by atoms with Crippen LogP contribution in [0.2, 0.25) is 0 Å². The number of aromatic nitrogens is 3. The van der Waals surface area contributed by atoms with Gasteiger partial charge in [-0.05, 0) is 68.8 Å². The maximum atomic E-state index is 13.6. The predicted octanol–water partition coefficient (Wildman–Crippen LogP) is 3.21. The fourth-order valence-corrected chi connectivity index (χ4v) is 6.36. The molecule has 0 aromatic carbocycles. The van der Waals surface area contributed by atoms with Crippen molar-refractivity contribution in [1.82, 2.24) is 19.9 Å². The molecule has 5 fully saturated rings. The van der Waals surface area contributed by atoms with Crippen LogP contribution >= 0.6 is 0 Å². The number of aliphatic hydroxyl groups is 1. The third-order valence-electron chi connectivity index (χ3n) is 7.52. The standard InChI is InChI=1S/C21H24F2N4O2/c22-18(23)16-5-15(11-1-2-11)25-19-14(9-24-27(16)19)20(28)26-17-12-3-10-4-13(17)8-21(29,6-10)7-12/h5,9-13,17-18,29H,1-4,6-8H2,(H,26,28). The Morgan fingerprint density at radius 2 is 1.97 bits per heavy atom. The zero-order valence-electron chi connectivity index (χ0n) is 16.0. The van der Waals surface area contributed by atoms with E-state index in [0.717, 1.165) is 49.5 Å². The molecular weight excluding hydrogens is 378 g/mol. The first-order valence-electron chi connectivity index (χ1n) is 10.6. The summed E-state index contributed by atoms with van der Waals surface area (Å²) in [6, 6.07) is 1.44. The summed E-state index contributed by atoms with van der Waals surface area (Å²) in [5, 5.41) is 18.0. The molecule has 6 nitrogen and oxygen atoms in total. The first-order chi connectivity index (χ1) is 13.9. The molecule has 1 amide bonds. The van der Waals surface area contributed by atoms with E-state index in [-0.39, 0.29) is 46.6 Å². The van der Waals surface area contributed by atoms with Crippen molar-refractivity contribution < 1.29 is 18.7 Å². The smallest absolute Gasteiger partial charge is 0.280 e. The van der Waals surface area contributed by atoms with E-state index >= 15 is 0 Å². The van der Waals surface area contributed by atoms with Crippen LogP contribution in [-0.4, -0.2) is 37.3 Å². The van der Waals surface area contributed by atoms with Gasteiger partial charge in [0.1, 0.15) is 11.3 Å². The van der Waals surface area contributed by atoms with E-state index in [0.29, 0.717) is 11.6 Å². The average Bonchev–Trinajstić information content (AvgIpc) is 3.41. The van der Waals surface area contributed by atoms with Crippen LogP contribution in [0.5, 0.6) is 0 Å². The number of carbonyl (C=O) groups excluding carboxylic acids is 1. The Hall–Kier alpha value is -2.09. The SMILES string of the molecule is O=C(NC1C2CC3CC1CC(O)(C3)C2)c1cnn2c(C(F)F)cc(C3CC3)nc12. The minimum Gasteiger partial charge on any atom is -0.390 e. The van der Waals surface area contributed by atoms with E-state index < -0.39 is 12.0 Å². The van der Waals surface area contributed by atoms with Crippen LogP contribution in [-0.2, 0) is 0 Å². The van der Waals surface area contributed by atoms with Crippen LogP contribution in [0.1, 0.15) is 79.0 Å². The lowest BCUT2D eigenvalue weighted by atomic mass is 9.52. The van der Waals surface area contributed by atoms with Gasteiger partial charge in [-0.25, -0.2) is 18.3 Å². The Morgan fingerprint density at radius 3 is 2.59 bits per heavy atom. The third kappa shape index (κ3) is 2.79. The normalized spacial score (nSPS) is 35.6. The first-order valence-corrected chi connectivity index (χ1v) is 10.6. The summed E-state index contributed by atoms with van der Waals surface area (Å²) in [6.07, 6.45) is 4.99. The van der Waals surface area contributed by atoms with E-state index in [1.165, 1.54) is 12.3 Å². The van der Waals surface area contributed by atoms with E-state index in [1.54, 1.807) is 0 Å². The Morgan fingerprint density at radius 1 is 1.24 bits per heavy atom. The topological polar surface area (TPSA) is 79.5 Å². The minimum absolute atomic E-state index is 0.0236. The summed E-state index contributed by atoms with van der Waals surface area (Å²) in [6.45, 7) is 0. The van der Waals surface area contributed by atoms with Gasteiger partial charge in [0.15, 0.2) is 5.65 Å². The number of nitrogens with one attached hydrogen (secondary N) is 1. The van der Waals surface area contributed by atoms with Crippen LogP contribution in [0.3, 0.4) is 0 Å². The molecular formula is C21H24F2N4O2. The van der Waals surface area contributed by atoms with Gasteiger partial charge in [-0.1, -0.05) is 0 Å². The summed E-state index contributed by atoms with van der Waals surface area (Å²) >= 11 is 0. The van der Waals surface area contributed by atoms with Gasteiger partial charge >= 0.3 is 0 Å². The highest BCUT2D eigenvalue weighted by molar-refractivity contribution is 5.99. The highest BCUT2D eigenvalue weighted by atomic mass is 19.3. The maximum Gasteiger partial charge on any atom is 0.280 e. The molecule has 8 heteroatoms. The average molecular weight is 402 g/mol. The van der Waals surface area contributed by atoms with Crippen molar-refractivity contribution in [1.29, 1.82) is 0 Å². The molecule has 5 aliphatic carbocycles. The molecule has 29 heavy (non-hydrogen) atoms. The molecule has 2 aromatic rings. The molecule has 2 aromatic heterocycles. The van der Waals surface area contributed by atoms with E-state index in [9.17, 15) is 18.7 Å². The van der Waals surface area contributed by atoms with Crippen molar-refractivity contribution in [2.45, 2.75) is 68.9 Å². The van der Waals surface area contributed by atoms with Crippen molar-refractivity contribution >= 4 is 11.6 Å². The minimum atomic E-state index is -2.68. The van der Waals surface area contributed by atoms with E-state index in [1.807, 2.05) is 0 Å². The Bertz CT molecular complexity index is 986. The Labute approximate surface area is 166 Å². The highest BCUT2D eigenvalue weighted by Gasteiger charge is 2.55. The van der Waals surface area contributed by atoms with Crippen LogP contribution < -0.4 is 5.32 Å². The molecule has 2 N–H and O–H groups in total. The molecule has 4 bridgehead atoms. The molecule has 0 aliphatic heterocycles. The van der Waals surface area contributed by atoms with Gasteiger partial charge in [-0.15, -0.1) is 0 Å². The highest BCUT2D eigenvalue weighted by Crippen LogP contribution is 2.55. The zero-order valence-corrected chi connectivity index (χ0v) is 16.0. The molecule has 7 rings (SSSR count). The van der Waals surface area contributed by atoms with Gasteiger partial charge < -0.3 is 10.4 Å². The lowest BCUT2D eigenvalue weighted by molar-refractivity contribution is -0.136. The molecule has 0 radical (unpaired) electrons. The molecule has 5 saturated carbocycles. The largest absolute Gasteiger partial charge is 0.390 e. The molecule has 154 valence electrons. The van der Waals surface area contributed by atoms with Gasteiger partial charge in [0.2, 0.25) is 0 Å².